The van der Waals surface area contributed by atoms with Crippen molar-refractivity contribution in [3.05, 3.63) is 29.3 Å². The molecule has 10 heteroatoms. The molecule has 2 rings (SSSR count). The van der Waals surface area contributed by atoms with Crippen molar-refractivity contribution >= 4 is 37.3 Å². The van der Waals surface area contributed by atoms with Crippen LogP contribution in [0.3, 0.4) is 0 Å². The average Bonchev–Trinajstić information content (AvgIpc) is 2.82. The van der Waals surface area contributed by atoms with Crippen LogP contribution in [0, 0.1) is 11.6 Å². The number of hydrogen-bond donors (Lipinski definition) is 0. The summed E-state index contributed by atoms with van der Waals surface area (Å²) in [6, 6.07) is 1.44. The number of halogens is 3. The number of methoxy groups -OCH3 is 1. The normalized spacial score (nSPS) is 18.6. The van der Waals surface area contributed by atoms with Gasteiger partial charge in [-0.25, -0.2) is 22.0 Å². The number of amides is 1. The lowest BCUT2D eigenvalue weighted by molar-refractivity contribution is -0.117. The number of hydrogen-bond acceptors (Lipinski definition) is 5. The molecular formula is C12H10ClF2NO5S. The van der Waals surface area contributed by atoms with E-state index in [-0.39, 0.29) is 0 Å². The number of carbonyl (C=O) groups is 2. The van der Waals surface area contributed by atoms with Crippen molar-refractivity contribution in [2.75, 3.05) is 18.6 Å². The van der Waals surface area contributed by atoms with Crippen LogP contribution in [0.2, 0.25) is 0 Å². The summed E-state index contributed by atoms with van der Waals surface area (Å²) in [6.45, 7) is -0.477. The number of carbonyl (C=O) groups excluding carboxylic acids is 2. The Morgan fingerprint density at radius 1 is 1.36 bits per heavy atom. The Kier molecular flexibility index (Phi) is 4.39. The Balaban J connectivity index is 2.56. The van der Waals surface area contributed by atoms with Crippen LogP contribution in [-0.4, -0.2) is 39.2 Å². The molecule has 6 nitrogen and oxygen atoms in total. The van der Waals surface area contributed by atoms with Gasteiger partial charge in [-0.05, 0) is 12.1 Å². The average molecular weight is 354 g/mol. The molecule has 1 atom stereocenters. The highest BCUT2D eigenvalue weighted by Crippen LogP contribution is 2.33. The molecule has 120 valence electrons. The van der Waals surface area contributed by atoms with Crippen LogP contribution in [0.1, 0.15) is 16.8 Å². The zero-order valence-corrected chi connectivity index (χ0v) is 12.7. The fourth-order valence-electron chi connectivity index (χ4n) is 2.18. The predicted octanol–water partition coefficient (Wildman–Crippen LogP) is 1.43. The fraction of sp³-hybridized carbons (Fsp3) is 0.333. The first-order valence-electron chi connectivity index (χ1n) is 5.97. The molecule has 0 radical (unpaired) electrons. The van der Waals surface area contributed by atoms with E-state index in [4.69, 9.17) is 10.7 Å². The SMILES string of the molecule is COC(=O)c1c(F)ccc(F)c1N1CC(S(=O)(=O)Cl)CC1=O. The largest absolute Gasteiger partial charge is 0.465 e. The van der Waals surface area contributed by atoms with Crippen LogP contribution < -0.4 is 4.90 Å². The molecule has 1 aliphatic heterocycles. The molecule has 0 spiro atoms. The molecule has 1 heterocycles. The van der Waals surface area contributed by atoms with E-state index in [2.05, 4.69) is 4.74 Å². The molecular weight excluding hydrogens is 344 g/mol. The predicted molar refractivity (Wildman–Crippen MR) is 73.2 cm³/mol. The summed E-state index contributed by atoms with van der Waals surface area (Å²) in [5.41, 5.74) is -1.43. The lowest BCUT2D eigenvalue weighted by Gasteiger charge is -2.20. The van der Waals surface area contributed by atoms with Gasteiger partial charge in [-0.3, -0.25) is 4.79 Å². The highest BCUT2D eigenvalue weighted by molar-refractivity contribution is 8.14. The number of rotatable bonds is 3. The Bertz CT molecular complexity index is 752. The molecule has 0 aliphatic carbocycles. The molecule has 0 N–H and O–H groups in total. The highest BCUT2D eigenvalue weighted by atomic mass is 35.7. The fourth-order valence-corrected chi connectivity index (χ4v) is 3.21. The van der Waals surface area contributed by atoms with Crippen LogP contribution in [0.4, 0.5) is 14.5 Å². The molecule has 0 bridgehead atoms. The first-order chi connectivity index (χ1) is 10.2. The summed E-state index contributed by atoms with van der Waals surface area (Å²) in [5, 5.41) is -1.27. The van der Waals surface area contributed by atoms with Gasteiger partial charge in [0.25, 0.3) is 0 Å². The minimum Gasteiger partial charge on any atom is -0.465 e. The van der Waals surface area contributed by atoms with E-state index >= 15 is 0 Å². The Hall–Kier alpha value is -1.74. The van der Waals surface area contributed by atoms with Crippen molar-refractivity contribution in [1.82, 2.24) is 0 Å². The molecule has 1 aliphatic rings. The maximum atomic E-state index is 14.0. The minimum absolute atomic E-state index is 0.477. The summed E-state index contributed by atoms with van der Waals surface area (Å²) < 4.78 is 54.8. The molecule has 1 aromatic rings. The molecule has 1 aromatic carbocycles. The van der Waals surface area contributed by atoms with Gasteiger partial charge in [-0.2, -0.15) is 0 Å². The van der Waals surface area contributed by atoms with E-state index in [1.807, 2.05) is 0 Å². The van der Waals surface area contributed by atoms with E-state index < -0.39 is 62.0 Å². The van der Waals surface area contributed by atoms with Gasteiger partial charge in [0.1, 0.15) is 22.4 Å². The second kappa shape index (κ2) is 5.81. The third-order valence-electron chi connectivity index (χ3n) is 3.22. The summed E-state index contributed by atoms with van der Waals surface area (Å²) in [5.74, 6) is -4.11. The third kappa shape index (κ3) is 2.91. The molecule has 0 saturated carbocycles. The molecule has 1 fully saturated rings. The van der Waals surface area contributed by atoms with E-state index in [0.717, 1.165) is 13.2 Å². The van der Waals surface area contributed by atoms with Gasteiger partial charge >= 0.3 is 5.97 Å². The van der Waals surface area contributed by atoms with Crippen LogP contribution in [0.25, 0.3) is 0 Å². The van der Waals surface area contributed by atoms with Crippen molar-refractivity contribution in [1.29, 1.82) is 0 Å². The van der Waals surface area contributed by atoms with Crippen LogP contribution >= 0.6 is 10.7 Å². The van der Waals surface area contributed by atoms with Crippen molar-refractivity contribution < 1.29 is 31.5 Å². The summed E-state index contributed by atoms with van der Waals surface area (Å²) in [7, 11) is 2.10. The number of esters is 1. The molecule has 1 saturated heterocycles. The van der Waals surface area contributed by atoms with Gasteiger partial charge in [-0.1, -0.05) is 0 Å². The maximum Gasteiger partial charge on any atom is 0.343 e. The Morgan fingerprint density at radius 2 is 1.95 bits per heavy atom. The van der Waals surface area contributed by atoms with E-state index in [9.17, 15) is 26.8 Å². The van der Waals surface area contributed by atoms with Crippen molar-refractivity contribution in [2.24, 2.45) is 0 Å². The van der Waals surface area contributed by atoms with E-state index in [1.165, 1.54) is 0 Å². The van der Waals surface area contributed by atoms with Crippen LogP contribution in [-0.2, 0) is 18.6 Å². The Labute approximate surface area is 129 Å². The molecule has 22 heavy (non-hydrogen) atoms. The van der Waals surface area contributed by atoms with Crippen LogP contribution in [0.5, 0.6) is 0 Å². The molecule has 1 amide bonds. The van der Waals surface area contributed by atoms with Gasteiger partial charge in [0.15, 0.2) is 0 Å². The van der Waals surface area contributed by atoms with E-state index in [1.54, 1.807) is 0 Å². The molecule has 0 aromatic heterocycles. The topological polar surface area (TPSA) is 80.8 Å². The lowest BCUT2D eigenvalue weighted by Crippen LogP contribution is -2.30. The van der Waals surface area contributed by atoms with Gasteiger partial charge in [0.05, 0.1) is 12.8 Å². The monoisotopic (exact) mass is 353 g/mol. The summed E-state index contributed by atoms with van der Waals surface area (Å²) in [6.07, 6.45) is -0.484. The first kappa shape index (κ1) is 16.6. The van der Waals surface area contributed by atoms with Crippen molar-refractivity contribution in [3.8, 4) is 0 Å². The van der Waals surface area contributed by atoms with Crippen LogP contribution in [0.15, 0.2) is 12.1 Å². The van der Waals surface area contributed by atoms with Gasteiger partial charge in [0, 0.05) is 23.6 Å². The summed E-state index contributed by atoms with van der Waals surface area (Å²) in [4.78, 5) is 24.2. The third-order valence-corrected chi connectivity index (χ3v) is 5.09. The highest BCUT2D eigenvalue weighted by Gasteiger charge is 2.41. The Morgan fingerprint density at radius 3 is 2.45 bits per heavy atom. The second-order valence-electron chi connectivity index (χ2n) is 4.55. The summed E-state index contributed by atoms with van der Waals surface area (Å²) >= 11 is 0. The number of benzene rings is 1. The van der Waals surface area contributed by atoms with Gasteiger partial charge in [0.2, 0.25) is 15.0 Å². The lowest BCUT2D eigenvalue weighted by atomic mass is 10.1. The zero-order valence-electron chi connectivity index (χ0n) is 11.2. The van der Waals surface area contributed by atoms with Crippen molar-refractivity contribution in [2.45, 2.75) is 11.7 Å². The number of nitrogens with zero attached hydrogens (tertiary/aromatic N) is 1. The smallest absolute Gasteiger partial charge is 0.343 e. The first-order valence-corrected chi connectivity index (χ1v) is 8.34. The van der Waals surface area contributed by atoms with E-state index in [0.29, 0.717) is 11.0 Å². The number of anilines is 1. The quantitative estimate of drug-likeness (QED) is 0.606. The minimum atomic E-state index is -4.06. The van der Waals surface area contributed by atoms with Crippen molar-refractivity contribution in [3.63, 3.8) is 0 Å². The maximum absolute atomic E-state index is 14.0. The van der Waals surface area contributed by atoms with Gasteiger partial charge < -0.3 is 9.64 Å². The standard InChI is InChI=1S/C12H10ClF2NO5S/c1-21-12(18)10-7(14)2-3-8(15)11(10)16-5-6(4-9(16)17)22(13,19)20/h2-3,6H,4-5H2,1H3. The number of ether oxygens (including phenoxy) is 1. The molecule has 1 unspecified atom stereocenters. The zero-order chi connectivity index (χ0) is 16.7. The second-order valence-corrected chi connectivity index (χ2v) is 7.46. The van der Waals surface area contributed by atoms with Gasteiger partial charge in [-0.15, -0.1) is 0 Å².